The Labute approximate surface area is 164 Å². The second-order valence-corrected chi connectivity index (χ2v) is 7.08. The molecule has 7 heteroatoms. The van der Waals surface area contributed by atoms with Gasteiger partial charge in [0.05, 0.1) is 10.6 Å². The fourth-order valence-electron chi connectivity index (χ4n) is 3.82. The van der Waals surface area contributed by atoms with Crippen LogP contribution in [-0.4, -0.2) is 0 Å². The molecule has 28 heavy (non-hydrogen) atoms. The number of nitrogens with two attached hydrogens (primary N) is 1. The number of ether oxygens (including phenoxy) is 1. The molecule has 0 fully saturated rings. The maximum absolute atomic E-state index is 13.4. The van der Waals surface area contributed by atoms with Gasteiger partial charge in [0, 0.05) is 11.5 Å². The minimum atomic E-state index is -4.60. The van der Waals surface area contributed by atoms with Crippen LogP contribution in [0.5, 0.6) is 0 Å². The van der Waals surface area contributed by atoms with Crippen LogP contribution >= 0.6 is 11.6 Å². The van der Waals surface area contributed by atoms with Crippen molar-refractivity contribution in [3.63, 3.8) is 0 Å². The van der Waals surface area contributed by atoms with Gasteiger partial charge in [0.15, 0.2) is 0 Å². The molecule has 1 aliphatic heterocycles. The second-order valence-electron chi connectivity index (χ2n) is 6.67. The van der Waals surface area contributed by atoms with E-state index in [1.165, 1.54) is 12.1 Å². The summed E-state index contributed by atoms with van der Waals surface area (Å²) in [6.07, 6.45) is -3.34. The summed E-state index contributed by atoms with van der Waals surface area (Å²) in [4.78, 5) is 0. The number of hydrogen-bond acceptors (Lipinski definition) is 3. The van der Waals surface area contributed by atoms with Gasteiger partial charge < -0.3 is 10.5 Å². The Kier molecular flexibility index (Phi) is 4.35. The summed E-state index contributed by atoms with van der Waals surface area (Å²) in [5.74, 6) is -0.279. The van der Waals surface area contributed by atoms with Gasteiger partial charge in [-0.15, -0.1) is 0 Å². The van der Waals surface area contributed by atoms with Crippen molar-refractivity contribution in [2.75, 3.05) is 0 Å². The Hall–Kier alpha value is -2.91. The molecule has 4 rings (SSSR count). The van der Waals surface area contributed by atoms with E-state index in [-0.39, 0.29) is 16.5 Å². The molecule has 0 bridgehead atoms. The lowest BCUT2D eigenvalue weighted by Crippen LogP contribution is -2.23. The highest BCUT2D eigenvalue weighted by Crippen LogP contribution is 2.48. The summed E-state index contributed by atoms with van der Waals surface area (Å²) in [5.41, 5.74) is 8.13. The molecule has 1 unspecified atom stereocenters. The predicted octanol–water partition coefficient (Wildman–Crippen LogP) is 5.52. The molecule has 2 aromatic carbocycles. The Morgan fingerprint density at radius 1 is 1.14 bits per heavy atom. The van der Waals surface area contributed by atoms with Gasteiger partial charge >= 0.3 is 6.18 Å². The maximum Gasteiger partial charge on any atom is 0.417 e. The lowest BCUT2D eigenvalue weighted by atomic mass is 9.76. The largest absolute Gasteiger partial charge is 0.440 e. The molecule has 1 atom stereocenters. The SMILES string of the molecule is N#CC1=C(N)OC2=C(CCc3ccccc32)C1c1ccc(Cl)c(C(F)(F)F)c1. The monoisotopic (exact) mass is 402 g/mol. The molecule has 2 aromatic rings. The molecule has 0 amide bonds. The zero-order valence-corrected chi connectivity index (χ0v) is 15.2. The van der Waals surface area contributed by atoms with Gasteiger partial charge in [-0.05, 0) is 41.7 Å². The highest BCUT2D eigenvalue weighted by Gasteiger charge is 2.38. The molecule has 1 aliphatic carbocycles. The molecular formula is C21H14ClF3N2O. The Balaban J connectivity index is 1.93. The van der Waals surface area contributed by atoms with Gasteiger partial charge in [0.2, 0.25) is 5.88 Å². The molecule has 0 aromatic heterocycles. The number of hydrogen-bond donors (Lipinski definition) is 1. The van der Waals surface area contributed by atoms with E-state index in [1.54, 1.807) is 0 Å². The highest BCUT2D eigenvalue weighted by atomic mass is 35.5. The van der Waals surface area contributed by atoms with E-state index in [1.807, 2.05) is 30.3 Å². The topological polar surface area (TPSA) is 59.0 Å². The Morgan fingerprint density at radius 3 is 2.61 bits per heavy atom. The van der Waals surface area contributed by atoms with Crippen LogP contribution in [0.2, 0.25) is 5.02 Å². The summed E-state index contributed by atoms with van der Waals surface area (Å²) in [6, 6.07) is 13.3. The molecule has 142 valence electrons. The minimum Gasteiger partial charge on any atom is -0.440 e. The second kappa shape index (κ2) is 6.61. The smallest absolute Gasteiger partial charge is 0.417 e. The molecule has 2 aliphatic rings. The number of nitrogens with zero attached hydrogens (tertiary/aromatic N) is 1. The average Bonchev–Trinajstić information content (AvgIpc) is 2.66. The summed E-state index contributed by atoms with van der Waals surface area (Å²) in [7, 11) is 0. The van der Waals surface area contributed by atoms with E-state index in [0.29, 0.717) is 24.2 Å². The van der Waals surface area contributed by atoms with Crippen LogP contribution in [0.25, 0.3) is 5.76 Å². The molecule has 0 saturated heterocycles. The summed E-state index contributed by atoms with van der Waals surface area (Å²) < 4.78 is 45.8. The van der Waals surface area contributed by atoms with Crippen molar-refractivity contribution >= 4 is 17.4 Å². The van der Waals surface area contributed by atoms with Crippen molar-refractivity contribution in [2.24, 2.45) is 5.73 Å². The number of nitriles is 1. The van der Waals surface area contributed by atoms with Crippen LogP contribution in [0.1, 0.15) is 34.6 Å². The molecule has 0 radical (unpaired) electrons. The third kappa shape index (κ3) is 2.92. The first-order chi connectivity index (χ1) is 13.3. The number of fused-ring (bicyclic) bond motifs is 2. The van der Waals surface area contributed by atoms with E-state index in [4.69, 9.17) is 22.1 Å². The fourth-order valence-corrected chi connectivity index (χ4v) is 4.04. The van der Waals surface area contributed by atoms with Crippen molar-refractivity contribution in [3.05, 3.63) is 86.8 Å². The first-order valence-corrected chi connectivity index (χ1v) is 8.94. The molecule has 1 heterocycles. The van der Waals surface area contributed by atoms with E-state index >= 15 is 0 Å². The van der Waals surface area contributed by atoms with E-state index in [9.17, 15) is 18.4 Å². The Morgan fingerprint density at radius 2 is 1.89 bits per heavy atom. The van der Waals surface area contributed by atoms with Gasteiger partial charge in [-0.25, -0.2) is 0 Å². The summed E-state index contributed by atoms with van der Waals surface area (Å²) >= 11 is 5.76. The molecular weight excluding hydrogens is 389 g/mol. The molecule has 2 N–H and O–H groups in total. The van der Waals surface area contributed by atoms with Crippen molar-refractivity contribution in [2.45, 2.75) is 24.9 Å². The number of benzene rings is 2. The number of rotatable bonds is 1. The zero-order valence-electron chi connectivity index (χ0n) is 14.5. The standard InChI is InChI=1S/C21H14ClF3N2O/c22-17-8-6-12(9-16(17)21(23,24)25)18-14-7-5-11-3-1-2-4-13(11)19(14)28-20(27)15(18)10-26/h1-4,6,8-9,18H,5,7,27H2. The third-order valence-electron chi connectivity index (χ3n) is 5.08. The van der Waals surface area contributed by atoms with Crippen molar-refractivity contribution in [1.82, 2.24) is 0 Å². The Bertz CT molecular complexity index is 1080. The number of halogens is 4. The van der Waals surface area contributed by atoms with Gasteiger partial charge in [-0.1, -0.05) is 41.9 Å². The lowest BCUT2D eigenvalue weighted by molar-refractivity contribution is -0.137. The van der Waals surface area contributed by atoms with Crippen LogP contribution in [0.3, 0.4) is 0 Å². The lowest BCUT2D eigenvalue weighted by Gasteiger charge is -2.33. The van der Waals surface area contributed by atoms with Crippen molar-refractivity contribution < 1.29 is 17.9 Å². The van der Waals surface area contributed by atoms with Crippen LogP contribution in [0.15, 0.2) is 59.5 Å². The normalized spacial score (nSPS) is 18.9. The summed E-state index contributed by atoms with van der Waals surface area (Å²) in [5, 5.41) is 9.24. The van der Waals surface area contributed by atoms with E-state index < -0.39 is 17.7 Å². The zero-order chi connectivity index (χ0) is 20.1. The van der Waals surface area contributed by atoms with Crippen LogP contribution in [0, 0.1) is 11.3 Å². The molecule has 3 nitrogen and oxygen atoms in total. The highest BCUT2D eigenvalue weighted by molar-refractivity contribution is 6.31. The third-order valence-corrected chi connectivity index (χ3v) is 5.41. The average molecular weight is 403 g/mol. The first kappa shape index (κ1) is 18.5. The van der Waals surface area contributed by atoms with Gasteiger partial charge in [0.1, 0.15) is 17.4 Å². The minimum absolute atomic E-state index is 0.0912. The van der Waals surface area contributed by atoms with Crippen LogP contribution < -0.4 is 5.73 Å². The number of allylic oxidation sites excluding steroid dienone is 2. The molecule has 0 saturated carbocycles. The predicted molar refractivity (Wildman–Crippen MR) is 98.8 cm³/mol. The maximum atomic E-state index is 13.4. The van der Waals surface area contributed by atoms with Crippen LogP contribution in [-0.2, 0) is 17.3 Å². The fraction of sp³-hybridized carbons (Fsp3) is 0.190. The molecule has 0 spiro atoms. The van der Waals surface area contributed by atoms with E-state index in [0.717, 1.165) is 22.8 Å². The number of alkyl halides is 3. The van der Waals surface area contributed by atoms with E-state index in [2.05, 4.69) is 0 Å². The van der Waals surface area contributed by atoms with Gasteiger partial charge in [-0.2, -0.15) is 18.4 Å². The van der Waals surface area contributed by atoms with Gasteiger partial charge in [0.25, 0.3) is 0 Å². The number of aryl methyl sites for hydroxylation is 1. The summed E-state index contributed by atoms with van der Waals surface area (Å²) in [6.45, 7) is 0. The van der Waals surface area contributed by atoms with Crippen molar-refractivity contribution in [3.8, 4) is 6.07 Å². The van der Waals surface area contributed by atoms with Crippen LogP contribution in [0.4, 0.5) is 13.2 Å². The first-order valence-electron chi connectivity index (χ1n) is 8.56. The van der Waals surface area contributed by atoms with Crippen molar-refractivity contribution in [1.29, 1.82) is 5.26 Å². The quantitative estimate of drug-likeness (QED) is 0.682. The van der Waals surface area contributed by atoms with Gasteiger partial charge in [-0.3, -0.25) is 0 Å².